The molecule has 2 rings (SSSR count). The number of likely N-dealkylation sites (N-methyl/N-ethyl adjacent to an activating group) is 1. The average Bonchev–Trinajstić information content (AvgIpc) is 2.98. The zero-order chi connectivity index (χ0) is 16.3. The molecule has 1 N–H and O–H groups in total. The number of hydrogen-bond acceptors (Lipinski definition) is 6. The number of nitrogens with one attached hydrogen (secondary N) is 1. The topological polar surface area (TPSA) is 75.2 Å². The molecule has 0 aliphatic rings. The van der Waals surface area contributed by atoms with Crippen molar-refractivity contribution in [2.45, 2.75) is 25.0 Å². The second-order valence-corrected chi connectivity index (χ2v) is 8.23. The van der Waals surface area contributed by atoms with Crippen LogP contribution in [0.3, 0.4) is 0 Å². The van der Waals surface area contributed by atoms with Gasteiger partial charge in [0.25, 0.3) is 10.0 Å². The summed E-state index contributed by atoms with van der Waals surface area (Å²) >= 11 is 1.22. The number of thiophene rings is 1. The molecule has 8 heteroatoms. The second-order valence-electron chi connectivity index (χ2n) is 5.02. The molecule has 2 heterocycles. The van der Waals surface area contributed by atoms with E-state index < -0.39 is 10.0 Å². The highest BCUT2D eigenvalue weighted by molar-refractivity contribution is 7.91. The summed E-state index contributed by atoms with van der Waals surface area (Å²) < 4.78 is 26.3. The lowest BCUT2D eigenvalue weighted by atomic mass is 10.2. The van der Waals surface area contributed by atoms with Gasteiger partial charge in [-0.25, -0.2) is 18.4 Å². The zero-order valence-corrected chi connectivity index (χ0v) is 14.8. The van der Waals surface area contributed by atoms with Gasteiger partial charge in [-0.15, -0.1) is 11.3 Å². The van der Waals surface area contributed by atoms with Crippen LogP contribution in [0.5, 0.6) is 0 Å². The smallest absolute Gasteiger partial charge is 0.252 e. The zero-order valence-electron chi connectivity index (χ0n) is 13.1. The molecule has 120 valence electrons. The molecule has 0 aromatic carbocycles. The van der Waals surface area contributed by atoms with Crippen molar-refractivity contribution in [3.8, 4) is 0 Å². The van der Waals surface area contributed by atoms with E-state index in [1.54, 1.807) is 24.6 Å². The van der Waals surface area contributed by atoms with Crippen molar-refractivity contribution in [2.75, 3.05) is 25.5 Å². The number of nitrogens with zero attached hydrogens (tertiary/aromatic N) is 3. The van der Waals surface area contributed by atoms with Gasteiger partial charge >= 0.3 is 0 Å². The number of anilines is 1. The molecule has 0 aliphatic carbocycles. The molecule has 0 spiro atoms. The molecular formula is C14H20N4O2S2. The molecule has 0 fully saturated rings. The first-order chi connectivity index (χ1) is 10.3. The van der Waals surface area contributed by atoms with E-state index in [0.717, 1.165) is 17.1 Å². The summed E-state index contributed by atoms with van der Waals surface area (Å²) in [4.78, 5) is 8.65. The summed E-state index contributed by atoms with van der Waals surface area (Å²) in [5.41, 5.74) is 1.91. The lowest BCUT2D eigenvalue weighted by Crippen LogP contribution is -2.31. The van der Waals surface area contributed by atoms with Crippen molar-refractivity contribution < 1.29 is 8.42 Å². The average molecular weight is 340 g/mol. The van der Waals surface area contributed by atoms with Crippen LogP contribution in [0.25, 0.3) is 0 Å². The Balaban J connectivity index is 2.00. The van der Waals surface area contributed by atoms with Gasteiger partial charge in [-0.05, 0) is 32.2 Å². The third-order valence-electron chi connectivity index (χ3n) is 3.38. The monoisotopic (exact) mass is 340 g/mol. The maximum Gasteiger partial charge on any atom is 0.252 e. The Hall–Kier alpha value is -1.51. The maximum atomic E-state index is 12.3. The number of rotatable bonds is 6. The van der Waals surface area contributed by atoms with E-state index in [1.165, 1.54) is 15.6 Å². The summed E-state index contributed by atoms with van der Waals surface area (Å²) in [6.07, 6.45) is 0. The van der Waals surface area contributed by atoms with E-state index in [1.807, 2.05) is 20.8 Å². The molecule has 0 aliphatic heterocycles. The van der Waals surface area contributed by atoms with Crippen LogP contribution in [0, 0.1) is 20.8 Å². The molecule has 6 nitrogen and oxygen atoms in total. The van der Waals surface area contributed by atoms with Gasteiger partial charge in [-0.3, -0.25) is 0 Å². The SMILES string of the molecule is Cc1nc(C)c(C)c(NCCN(C)S(=O)(=O)c2cccs2)n1. The predicted molar refractivity (Wildman–Crippen MR) is 88.9 cm³/mol. The number of aromatic nitrogens is 2. The summed E-state index contributed by atoms with van der Waals surface area (Å²) in [5, 5.41) is 4.95. The normalized spacial score (nSPS) is 11.9. The van der Waals surface area contributed by atoms with Crippen LogP contribution in [-0.2, 0) is 10.0 Å². The highest BCUT2D eigenvalue weighted by Crippen LogP contribution is 2.19. The van der Waals surface area contributed by atoms with E-state index in [9.17, 15) is 8.42 Å². The van der Waals surface area contributed by atoms with Gasteiger partial charge in [-0.2, -0.15) is 4.31 Å². The van der Waals surface area contributed by atoms with Crippen LogP contribution in [0.2, 0.25) is 0 Å². The largest absolute Gasteiger partial charge is 0.368 e. The first-order valence-electron chi connectivity index (χ1n) is 6.88. The quantitative estimate of drug-likeness (QED) is 0.872. The lowest BCUT2D eigenvalue weighted by Gasteiger charge is -2.17. The second kappa shape index (κ2) is 6.72. The molecule has 0 atom stereocenters. The third-order valence-corrected chi connectivity index (χ3v) is 6.61. The van der Waals surface area contributed by atoms with Crippen molar-refractivity contribution >= 4 is 27.2 Å². The van der Waals surface area contributed by atoms with E-state index in [4.69, 9.17) is 0 Å². The fourth-order valence-corrected chi connectivity index (χ4v) is 4.33. The Morgan fingerprint density at radius 1 is 1.27 bits per heavy atom. The Morgan fingerprint density at radius 2 is 2.00 bits per heavy atom. The molecule has 0 amide bonds. The molecule has 2 aromatic heterocycles. The summed E-state index contributed by atoms with van der Waals surface area (Å²) in [6, 6.07) is 3.35. The fourth-order valence-electron chi connectivity index (χ4n) is 1.96. The lowest BCUT2D eigenvalue weighted by molar-refractivity contribution is 0.482. The Kier molecular flexibility index (Phi) is 5.15. The van der Waals surface area contributed by atoms with Crippen molar-refractivity contribution in [2.24, 2.45) is 0 Å². The van der Waals surface area contributed by atoms with Crippen LogP contribution in [0.4, 0.5) is 5.82 Å². The Morgan fingerprint density at radius 3 is 2.64 bits per heavy atom. The highest BCUT2D eigenvalue weighted by Gasteiger charge is 2.21. The van der Waals surface area contributed by atoms with Crippen molar-refractivity contribution in [3.63, 3.8) is 0 Å². The van der Waals surface area contributed by atoms with Crippen LogP contribution >= 0.6 is 11.3 Å². The van der Waals surface area contributed by atoms with E-state index >= 15 is 0 Å². The summed E-state index contributed by atoms with van der Waals surface area (Å²) in [5.74, 6) is 1.46. The molecule has 0 saturated heterocycles. The molecular weight excluding hydrogens is 320 g/mol. The molecule has 2 aromatic rings. The third kappa shape index (κ3) is 3.63. The van der Waals surface area contributed by atoms with E-state index in [2.05, 4.69) is 15.3 Å². The van der Waals surface area contributed by atoms with Crippen LogP contribution in [0.15, 0.2) is 21.7 Å². The summed E-state index contributed by atoms with van der Waals surface area (Å²) in [7, 11) is -1.81. The van der Waals surface area contributed by atoms with Gasteiger partial charge in [0, 0.05) is 31.4 Å². The number of hydrogen-bond donors (Lipinski definition) is 1. The van der Waals surface area contributed by atoms with E-state index in [-0.39, 0.29) is 0 Å². The number of sulfonamides is 1. The highest BCUT2D eigenvalue weighted by atomic mass is 32.2. The van der Waals surface area contributed by atoms with Gasteiger partial charge in [0.1, 0.15) is 15.9 Å². The Bertz CT molecular complexity index is 742. The van der Waals surface area contributed by atoms with Gasteiger partial charge < -0.3 is 5.32 Å². The van der Waals surface area contributed by atoms with Crippen LogP contribution < -0.4 is 5.32 Å². The van der Waals surface area contributed by atoms with Crippen molar-refractivity contribution in [1.29, 1.82) is 0 Å². The first kappa shape index (κ1) is 16.9. The van der Waals surface area contributed by atoms with E-state index in [0.29, 0.717) is 23.1 Å². The van der Waals surface area contributed by atoms with Crippen LogP contribution in [0.1, 0.15) is 17.1 Å². The van der Waals surface area contributed by atoms with Gasteiger partial charge in [0.2, 0.25) is 0 Å². The molecule has 0 unspecified atom stereocenters. The first-order valence-corrected chi connectivity index (χ1v) is 9.20. The van der Waals surface area contributed by atoms with Crippen LogP contribution in [-0.4, -0.2) is 42.8 Å². The van der Waals surface area contributed by atoms with Gasteiger partial charge in [-0.1, -0.05) is 6.07 Å². The standard InChI is InChI=1S/C14H20N4O2S2/c1-10-11(2)16-12(3)17-14(10)15-7-8-18(4)22(19,20)13-6-5-9-21-13/h5-6,9H,7-8H2,1-4H3,(H,15,16,17). The summed E-state index contributed by atoms with van der Waals surface area (Å²) in [6.45, 7) is 6.57. The molecule has 0 saturated carbocycles. The predicted octanol–water partition coefficient (Wildman–Crippen LogP) is 2.20. The fraction of sp³-hybridized carbons (Fsp3) is 0.429. The van der Waals surface area contributed by atoms with Gasteiger partial charge in [0.05, 0.1) is 0 Å². The minimum atomic E-state index is -3.40. The Labute approximate surface area is 135 Å². The van der Waals surface area contributed by atoms with Crippen molar-refractivity contribution in [1.82, 2.24) is 14.3 Å². The van der Waals surface area contributed by atoms with Gasteiger partial charge in [0.15, 0.2) is 0 Å². The molecule has 0 radical (unpaired) electrons. The van der Waals surface area contributed by atoms with Crippen molar-refractivity contribution in [3.05, 3.63) is 34.6 Å². The molecule has 0 bridgehead atoms. The molecule has 22 heavy (non-hydrogen) atoms. The maximum absolute atomic E-state index is 12.3. The minimum Gasteiger partial charge on any atom is -0.368 e. The number of aryl methyl sites for hydroxylation is 2. The minimum absolute atomic E-state index is 0.361.